The summed E-state index contributed by atoms with van der Waals surface area (Å²) in [5, 5.41) is 10.5. The number of aliphatic hydroxyl groups excluding tert-OH is 1. The molecular formula is C19H28O7. The van der Waals surface area contributed by atoms with Crippen LogP contribution in [0.25, 0.3) is 0 Å². The van der Waals surface area contributed by atoms with Crippen LogP contribution < -0.4 is 14.2 Å². The molecular weight excluding hydrogens is 340 g/mol. The molecule has 1 aromatic rings. The van der Waals surface area contributed by atoms with Gasteiger partial charge in [-0.15, -0.1) is 0 Å². The molecule has 1 N–H and O–H groups in total. The number of hydrogen-bond donors (Lipinski definition) is 1. The Morgan fingerprint density at radius 1 is 0.769 bits per heavy atom. The average molecular weight is 368 g/mol. The van der Waals surface area contributed by atoms with E-state index >= 15 is 0 Å². The van der Waals surface area contributed by atoms with E-state index in [9.17, 15) is 5.11 Å². The zero-order chi connectivity index (χ0) is 18.4. The Balaban J connectivity index is 1.77. The summed E-state index contributed by atoms with van der Waals surface area (Å²) in [6.07, 6.45) is -0.0765. The Morgan fingerprint density at radius 3 is 1.85 bits per heavy atom. The molecule has 2 aliphatic rings. The third-order valence-corrected chi connectivity index (χ3v) is 4.22. The summed E-state index contributed by atoms with van der Waals surface area (Å²) in [5.74, 6) is 1.77. The van der Waals surface area contributed by atoms with Gasteiger partial charge in [0.15, 0.2) is 11.5 Å². The summed E-state index contributed by atoms with van der Waals surface area (Å²) in [7, 11) is 0. The molecule has 0 aliphatic carbocycles. The first-order valence-electron chi connectivity index (χ1n) is 9.09. The number of aliphatic hydroxyl groups is 1. The van der Waals surface area contributed by atoms with Crippen molar-refractivity contribution in [2.75, 3.05) is 52.9 Å². The third kappa shape index (κ3) is 5.23. The van der Waals surface area contributed by atoms with Crippen LogP contribution >= 0.6 is 0 Å². The van der Waals surface area contributed by atoms with Crippen molar-refractivity contribution in [3.63, 3.8) is 0 Å². The van der Waals surface area contributed by atoms with Crippen molar-refractivity contribution in [1.29, 1.82) is 0 Å². The van der Waals surface area contributed by atoms with Crippen LogP contribution in [0.2, 0.25) is 0 Å². The Hall–Kier alpha value is -1.54. The fourth-order valence-electron chi connectivity index (χ4n) is 3.01. The van der Waals surface area contributed by atoms with Crippen LogP contribution in [0, 0.1) is 0 Å². The molecule has 26 heavy (non-hydrogen) atoms. The van der Waals surface area contributed by atoms with Gasteiger partial charge in [0.05, 0.1) is 45.7 Å². The molecule has 0 aromatic heterocycles. The molecule has 1 unspecified atom stereocenters. The zero-order valence-electron chi connectivity index (χ0n) is 15.5. The van der Waals surface area contributed by atoms with E-state index in [1.165, 1.54) is 0 Å². The highest BCUT2D eigenvalue weighted by molar-refractivity contribution is 5.52. The van der Waals surface area contributed by atoms with Gasteiger partial charge in [-0.2, -0.15) is 0 Å². The average Bonchev–Trinajstić information content (AvgIpc) is 2.58. The van der Waals surface area contributed by atoms with Gasteiger partial charge in [0.25, 0.3) is 0 Å². The summed E-state index contributed by atoms with van der Waals surface area (Å²) < 4.78 is 34.0. The molecule has 7 heteroatoms. The minimum atomic E-state index is -0.601. The van der Waals surface area contributed by atoms with E-state index in [2.05, 4.69) is 0 Å². The van der Waals surface area contributed by atoms with E-state index < -0.39 is 11.7 Å². The summed E-state index contributed by atoms with van der Waals surface area (Å²) in [6.45, 7) is 7.67. The van der Waals surface area contributed by atoms with Gasteiger partial charge in [-0.1, -0.05) is 0 Å². The fraction of sp³-hybridized carbons (Fsp3) is 0.684. The first-order valence-corrected chi connectivity index (χ1v) is 9.09. The molecule has 0 saturated heterocycles. The normalized spacial score (nSPS) is 24.5. The van der Waals surface area contributed by atoms with Crippen LogP contribution in [0.4, 0.5) is 0 Å². The van der Waals surface area contributed by atoms with Crippen molar-refractivity contribution in [2.24, 2.45) is 0 Å². The molecule has 1 aromatic carbocycles. The second kappa shape index (κ2) is 8.90. The maximum atomic E-state index is 10.5. The topological polar surface area (TPSA) is 75.6 Å². The van der Waals surface area contributed by atoms with E-state index in [4.69, 9.17) is 28.4 Å². The molecule has 2 aliphatic heterocycles. The third-order valence-electron chi connectivity index (χ3n) is 4.22. The summed E-state index contributed by atoms with van der Waals surface area (Å²) in [5.41, 5.74) is 0.285. The second-order valence-electron chi connectivity index (χ2n) is 6.95. The van der Waals surface area contributed by atoms with Crippen molar-refractivity contribution < 1.29 is 33.5 Å². The highest BCUT2D eigenvalue weighted by Gasteiger charge is 2.34. The first kappa shape index (κ1) is 19.2. The van der Waals surface area contributed by atoms with Gasteiger partial charge in [-0.05, 0) is 19.9 Å². The Morgan fingerprint density at radius 2 is 1.27 bits per heavy atom. The van der Waals surface area contributed by atoms with E-state index in [0.29, 0.717) is 76.5 Å². The van der Waals surface area contributed by atoms with Gasteiger partial charge in [0.2, 0.25) is 0 Å². The first-order chi connectivity index (χ1) is 12.6. The Bertz CT molecular complexity index is 587. The lowest BCUT2D eigenvalue weighted by Crippen LogP contribution is -2.34. The summed E-state index contributed by atoms with van der Waals surface area (Å²) >= 11 is 0. The van der Waals surface area contributed by atoms with Crippen molar-refractivity contribution in [1.82, 2.24) is 0 Å². The van der Waals surface area contributed by atoms with Gasteiger partial charge < -0.3 is 33.5 Å². The minimum absolute atomic E-state index is 0.383. The minimum Gasteiger partial charge on any atom is -0.487 e. The van der Waals surface area contributed by atoms with Gasteiger partial charge in [0, 0.05) is 18.1 Å². The maximum Gasteiger partial charge on any atom is 0.165 e. The monoisotopic (exact) mass is 368 g/mol. The lowest BCUT2D eigenvalue weighted by atomic mass is 9.91. The summed E-state index contributed by atoms with van der Waals surface area (Å²) in [6, 6.07) is 3.59. The largest absolute Gasteiger partial charge is 0.487 e. The molecule has 0 amide bonds. The molecule has 0 radical (unpaired) electrons. The van der Waals surface area contributed by atoms with E-state index in [0.717, 1.165) is 5.56 Å². The number of rotatable bonds is 0. The zero-order valence-corrected chi connectivity index (χ0v) is 15.5. The summed E-state index contributed by atoms with van der Waals surface area (Å²) in [4.78, 5) is 0. The van der Waals surface area contributed by atoms with Crippen molar-refractivity contribution >= 4 is 0 Å². The van der Waals surface area contributed by atoms with Crippen molar-refractivity contribution in [2.45, 2.75) is 32.0 Å². The lowest BCUT2D eigenvalue weighted by molar-refractivity contribution is 0.00707. The van der Waals surface area contributed by atoms with Crippen LogP contribution in [-0.2, 0) is 14.2 Å². The predicted molar refractivity (Wildman–Crippen MR) is 94.2 cm³/mol. The SMILES string of the molecule is CC1(C)CC(O)c2cc3c(cc2O1)OCCOCCOCCOCCO3. The highest BCUT2D eigenvalue weighted by atomic mass is 16.6. The molecule has 0 spiro atoms. The van der Waals surface area contributed by atoms with Crippen LogP contribution in [0.5, 0.6) is 17.2 Å². The van der Waals surface area contributed by atoms with Gasteiger partial charge in [-0.3, -0.25) is 0 Å². The smallest absolute Gasteiger partial charge is 0.165 e. The van der Waals surface area contributed by atoms with E-state index in [1.54, 1.807) is 12.1 Å². The van der Waals surface area contributed by atoms with Gasteiger partial charge in [0.1, 0.15) is 24.6 Å². The lowest BCUT2D eigenvalue weighted by Gasteiger charge is -2.36. The van der Waals surface area contributed by atoms with Crippen LogP contribution in [0.15, 0.2) is 12.1 Å². The van der Waals surface area contributed by atoms with Gasteiger partial charge in [-0.25, -0.2) is 0 Å². The van der Waals surface area contributed by atoms with Crippen LogP contribution in [0.3, 0.4) is 0 Å². The van der Waals surface area contributed by atoms with Crippen molar-refractivity contribution in [3.05, 3.63) is 17.7 Å². The second-order valence-corrected chi connectivity index (χ2v) is 6.95. The fourth-order valence-corrected chi connectivity index (χ4v) is 3.01. The number of hydrogen-bond acceptors (Lipinski definition) is 7. The van der Waals surface area contributed by atoms with Crippen LogP contribution in [-0.4, -0.2) is 63.6 Å². The molecule has 0 fully saturated rings. The van der Waals surface area contributed by atoms with Gasteiger partial charge >= 0.3 is 0 Å². The number of fused-ring (bicyclic) bond motifs is 2. The maximum absolute atomic E-state index is 10.5. The molecule has 146 valence electrons. The molecule has 3 rings (SSSR count). The van der Waals surface area contributed by atoms with Crippen molar-refractivity contribution in [3.8, 4) is 17.2 Å². The number of ether oxygens (including phenoxy) is 6. The molecule has 7 nitrogen and oxygen atoms in total. The molecule has 1 atom stereocenters. The quantitative estimate of drug-likeness (QED) is 0.751. The molecule has 0 bridgehead atoms. The Kier molecular flexibility index (Phi) is 6.58. The molecule has 2 heterocycles. The van der Waals surface area contributed by atoms with Crippen LogP contribution in [0.1, 0.15) is 31.9 Å². The van der Waals surface area contributed by atoms with E-state index in [-0.39, 0.29) is 0 Å². The predicted octanol–water partition coefficient (Wildman–Crippen LogP) is 2.10. The molecule has 0 saturated carbocycles. The van der Waals surface area contributed by atoms with E-state index in [1.807, 2.05) is 13.8 Å². The standard InChI is InChI=1S/C19H28O7/c1-19(2)13-15(20)14-11-17-18(12-16(14)26-19)25-10-8-23-6-4-21-3-5-22-7-9-24-17/h11-12,15,20H,3-10,13H2,1-2H3. The number of benzene rings is 1. The highest BCUT2D eigenvalue weighted by Crippen LogP contribution is 2.45. The Labute approximate surface area is 154 Å².